The van der Waals surface area contributed by atoms with Crippen molar-refractivity contribution >= 4 is 0 Å². The molecule has 0 aromatic rings. The van der Waals surface area contributed by atoms with Gasteiger partial charge in [0.15, 0.2) is 0 Å². The first-order valence-electron chi connectivity index (χ1n) is 5.87. The van der Waals surface area contributed by atoms with E-state index in [0.29, 0.717) is 6.04 Å². The van der Waals surface area contributed by atoms with Crippen molar-refractivity contribution < 1.29 is 4.74 Å². The van der Waals surface area contributed by atoms with Crippen molar-refractivity contribution in [1.29, 1.82) is 0 Å². The molecule has 3 nitrogen and oxygen atoms in total. The van der Waals surface area contributed by atoms with Crippen LogP contribution in [0.4, 0.5) is 0 Å². The summed E-state index contributed by atoms with van der Waals surface area (Å²) in [7, 11) is 0. The van der Waals surface area contributed by atoms with Crippen molar-refractivity contribution in [3.8, 4) is 0 Å². The number of ether oxygens (including phenoxy) is 1. The first kappa shape index (κ1) is 12.0. The zero-order chi connectivity index (χ0) is 10.2. The molecule has 14 heavy (non-hydrogen) atoms. The monoisotopic (exact) mass is 200 g/mol. The van der Waals surface area contributed by atoms with Gasteiger partial charge in [0.25, 0.3) is 0 Å². The Morgan fingerprint density at radius 3 is 2.50 bits per heavy atom. The highest BCUT2D eigenvalue weighted by atomic mass is 16.5. The summed E-state index contributed by atoms with van der Waals surface area (Å²) in [4.78, 5) is 2.55. The molecule has 1 heterocycles. The van der Waals surface area contributed by atoms with E-state index in [1.165, 1.54) is 25.9 Å². The van der Waals surface area contributed by atoms with Crippen LogP contribution in [-0.4, -0.2) is 50.3 Å². The molecule has 3 heteroatoms. The lowest BCUT2D eigenvalue weighted by atomic mass is 10.2. The van der Waals surface area contributed by atoms with E-state index < -0.39 is 0 Å². The molecule has 1 aliphatic rings. The summed E-state index contributed by atoms with van der Waals surface area (Å²) >= 11 is 0. The van der Waals surface area contributed by atoms with Gasteiger partial charge >= 0.3 is 0 Å². The van der Waals surface area contributed by atoms with Crippen molar-refractivity contribution in [3.05, 3.63) is 0 Å². The molecule has 0 aliphatic carbocycles. The molecule has 0 spiro atoms. The predicted molar refractivity (Wildman–Crippen MR) is 59.6 cm³/mol. The molecular weight excluding hydrogens is 176 g/mol. The number of nitrogens with zero attached hydrogens (tertiary/aromatic N) is 1. The fourth-order valence-electron chi connectivity index (χ4n) is 1.89. The highest BCUT2D eigenvalue weighted by molar-refractivity contribution is 4.70. The molecule has 0 aromatic heterocycles. The largest absolute Gasteiger partial charge is 0.380 e. The van der Waals surface area contributed by atoms with E-state index in [4.69, 9.17) is 4.74 Å². The molecule has 0 saturated carbocycles. The van der Waals surface area contributed by atoms with Crippen LogP contribution in [0.15, 0.2) is 0 Å². The standard InChI is InChI=1S/C11H24N2O/c1-3-14-10-11(2)13-8-4-6-12-7-5-9-13/h11-12H,3-10H2,1-2H3. The maximum absolute atomic E-state index is 5.46. The first-order chi connectivity index (χ1) is 6.84. The summed E-state index contributed by atoms with van der Waals surface area (Å²) in [5.74, 6) is 0. The third-order valence-corrected chi connectivity index (χ3v) is 2.78. The van der Waals surface area contributed by atoms with Crippen molar-refractivity contribution in [1.82, 2.24) is 10.2 Å². The van der Waals surface area contributed by atoms with Gasteiger partial charge in [-0.05, 0) is 52.9 Å². The SMILES string of the molecule is CCOCC(C)N1CCCNCCC1. The third-order valence-electron chi connectivity index (χ3n) is 2.78. The van der Waals surface area contributed by atoms with Crippen LogP contribution >= 0.6 is 0 Å². The zero-order valence-corrected chi connectivity index (χ0v) is 9.59. The lowest BCUT2D eigenvalue weighted by Crippen LogP contribution is -2.41. The van der Waals surface area contributed by atoms with E-state index in [0.717, 1.165) is 26.3 Å². The maximum atomic E-state index is 5.46. The number of hydrogen-bond acceptors (Lipinski definition) is 3. The molecule has 1 fully saturated rings. The van der Waals surface area contributed by atoms with E-state index in [1.54, 1.807) is 0 Å². The third kappa shape index (κ3) is 4.40. The number of rotatable bonds is 4. The van der Waals surface area contributed by atoms with Gasteiger partial charge in [-0.15, -0.1) is 0 Å². The minimum atomic E-state index is 0.577. The average Bonchev–Trinajstić information content (AvgIpc) is 2.13. The first-order valence-corrected chi connectivity index (χ1v) is 5.87. The van der Waals surface area contributed by atoms with Crippen LogP contribution in [0.1, 0.15) is 26.7 Å². The Morgan fingerprint density at radius 2 is 1.93 bits per heavy atom. The van der Waals surface area contributed by atoms with E-state index >= 15 is 0 Å². The molecular formula is C11H24N2O. The van der Waals surface area contributed by atoms with Gasteiger partial charge in [-0.3, -0.25) is 4.90 Å². The Kier molecular flexibility index (Phi) is 6.15. The molecule has 0 amide bonds. The zero-order valence-electron chi connectivity index (χ0n) is 9.59. The fraction of sp³-hybridized carbons (Fsp3) is 1.00. The Bertz CT molecular complexity index is 133. The normalized spacial score (nSPS) is 22.7. The van der Waals surface area contributed by atoms with Gasteiger partial charge in [0.2, 0.25) is 0 Å². The van der Waals surface area contributed by atoms with E-state index in [1.807, 2.05) is 0 Å². The molecule has 1 rings (SSSR count). The average molecular weight is 200 g/mol. The highest BCUT2D eigenvalue weighted by Crippen LogP contribution is 2.04. The van der Waals surface area contributed by atoms with Crippen molar-refractivity contribution in [2.24, 2.45) is 0 Å². The van der Waals surface area contributed by atoms with Gasteiger partial charge in [-0.1, -0.05) is 0 Å². The van der Waals surface area contributed by atoms with E-state index in [2.05, 4.69) is 24.1 Å². The topological polar surface area (TPSA) is 24.5 Å². The molecule has 0 aromatic carbocycles. The molecule has 0 radical (unpaired) electrons. The van der Waals surface area contributed by atoms with Crippen LogP contribution in [0.3, 0.4) is 0 Å². The maximum Gasteiger partial charge on any atom is 0.0618 e. The van der Waals surface area contributed by atoms with Crippen LogP contribution in [0, 0.1) is 0 Å². The molecule has 84 valence electrons. The number of hydrogen-bond donors (Lipinski definition) is 1. The molecule has 1 N–H and O–H groups in total. The van der Waals surface area contributed by atoms with Crippen LogP contribution in [-0.2, 0) is 4.74 Å². The van der Waals surface area contributed by atoms with E-state index in [-0.39, 0.29) is 0 Å². The Hall–Kier alpha value is -0.120. The smallest absolute Gasteiger partial charge is 0.0618 e. The quantitative estimate of drug-likeness (QED) is 0.735. The van der Waals surface area contributed by atoms with Crippen LogP contribution in [0.5, 0.6) is 0 Å². The van der Waals surface area contributed by atoms with Crippen LogP contribution in [0.25, 0.3) is 0 Å². The lowest BCUT2D eigenvalue weighted by Gasteiger charge is -2.30. The van der Waals surface area contributed by atoms with Crippen LogP contribution in [0.2, 0.25) is 0 Å². The Morgan fingerprint density at radius 1 is 1.29 bits per heavy atom. The summed E-state index contributed by atoms with van der Waals surface area (Å²) < 4.78 is 5.46. The molecule has 1 aliphatic heterocycles. The van der Waals surface area contributed by atoms with Gasteiger partial charge in [0, 0.05) is 12.6 Å². The summed E-state index contributed by atoms with van der Waals surface area (Å²) in [5, 5.41) is 3.43. The molecule has 0 bridgehead atoms. The van der Waals surface area contributed by atoms with Gasteiger partial charge in [-0.25, -0.2) is 0 Å². The fourth-order valence-corrected chi connectivity index (χ4v) is 1.89. The van der Waals surface area contributed by atoms with Crippen LogP contribution < -0.4 is 5.32 Å². The second kappa shape index (κ2) is 7.21. The molecule has 1 unspecified atom stereocenters. The summed E-state index contributed by atoms with van der Waals surface area (Å²) in [6.45, 7) is 10.8. The Balaban J connectivity index is 2.23. The second-order valence-corrected chi connectivity index (χ2v) is 4.00. The lowest BCUT2D eigenvalue weighted by molar-refractivity contribution is 0.0702. The predicted octanol–water partition coefficient (Wildman–Crippen LogP) is 1.10. The summed E-state index contributed by atoms with van der Waals surface area (Å²) in [5.41, 5.74) is 0. The molecule has 1 saturated heterocycles. The van der Waals surface area contributed by atoms with Crippen molar-refractivity contribution in [3.63, 3.8) is 0 Å². The van der Waals surface area contributed by atoms with Gasteiger partial charge in [-0.2, -0.15) is 0 Å². The Labute approximate surface area is 87.8 Å². The molecule has 1 atom stereocenters. The van der Waals surface area contributed by atoms with E-state index in [9.17, 15) is 0 Å². The minimum absolute atomic E-state index is 0.577. The van der Waals surface area contributed by atoms with Crippen molar-refractivity contribution in [2.75, 3.05) is 39.4 Å². The highest BCUT2D eigenvalue weighted by Gasteiger charge is 2.14. The van der Waals surface area contributed by atoms with Crippen molar-refractivity contribution in [2.45, 2.75) is 32.7 Å². The van der Waals surface area contributed by atoms with Gasteiger partial charge in [0.05, 0.1) is 6.61 Å². The summed E-state index contributed by atoms with van der Waals surface area (Å²) in [6.07, 6.45) is 2.52. The second-order valence-electron chi connectivity index (χ2n) is 4.00. The number of nitrogens with one attached hydrogen (secondary N) is 1. The van der Waals surface area contributed by atoms with Gasteiger partial charge < -0.3 is 10.1 Å². The van der Waals surface area contributed by atoms with Gasteiger partial charge in [0.1, 0.15) is 0 Å². The minimum Gasteiger partial charge on any atom is -0.380 e. The summed E-state index contributed by atoms with van der Waals surface area (Å²) in [6, 6.07) is 0.577.